The molecule has 3 aromatic heterocycles. The molecule has 0 unspecified atom stereocenters. The van der Waals surface area contributed by atoms with E-state index in [-0.39, 0.29) is 10.8 Å². The molecule has 22 rings (SSSR count). The van der Waals surface area contributed by atoms with E-state index < -0.39 is 0 Å². The molecule has 0 spiro atoms. The molecule has 6 nitrogen and oxygen atoms in total. The maximum atomic E-state index is 2.46. The van der Waals surface area contributed by atoms with Crippen molar-refractivity contribution in [3.8, 4) is 28.2 Å². The first-order valence-corrected chi connectivity index (χ1v) is 42.3. The third-order valence-corrected chi connectivity index (χ3v) is 24.0. The molecular weight excluding hydrogens is 1480 g/mol. The van der Waals surface area contributed by atoms with Gasteiger partial charge in [0.1, 0.15) is 0 Å². The standard InChI is InChI=1S/C40H28N2.2C38H32N2/c1-4-14-29(15-5-1)31-17-12-22-34(28-31)42-38-25-13-24-37(39(38)36-27-26-30-16-10-11-23-35(30)40(36)42)41(32-18-6-2-7-19-32)33-20-8-3-9-21-33;1-38(2,3)28-22-24-31(25-23-28)40-34-21-13-12-20-33(34)36-35(26-27-14-10-11-19-32(27)37(36)40)39(29-15-6-4-7-16-29)30-17-8-5-9-18-30;1-38(2,3)27-22-24-30(25-23-27)39(28-14-6-4-7-15-28)36-26-34-32-19-12-13-21-35(32)40(29-16-8-5-9-17-29)37(34)33-20-11-10-18-31(33)36/h1-28H;2*4-26H,1-3H3. The fourth-order valence-electron chi connectivity index (χ4n) is 18.2. The van der Waals surface area contributed by atoms with Crippen molar-refractivity contribution in [2.75, 3.05) is 14.7 Å². The second-order valence-corrected chi connectivity index (χ2v) is 33.6. The summed E-state index contributed by atoms with van der Waals surface area (Å²) in [6, 6.07) is 162. The summed E-state index contributed by atoms with van der Waals surface area (Å²) in [5.74, 6) is 0. The van der Waals surface area contributed by atoms with Gasteiger partial charge in [0.05, 0.1) is 50.2 Å². The van der Waals surface area contributed by atoms with Gasteiger partial charge in [-0.3, -0.25) is 0 Å². The molecule has 586 valence electrons. The van der Waals surface area contributed by atoms with Crippen LogP contribution in [0, 0.1) is 0 Å². The van der Waals surface area contributed by atoms with E-state index in [2.05, 4.69) is 519 Å². The Morgan fingerprint density at radius 2 is 0.557 bits per heavy atom. The highest BCUT2D eigenvalue weighted by Gasteiger charge is 2.28. The van der Waals surface area contributed by atoms with Crippen LogP contribution in [-0.2, 0) is 10.8 Å². The topological polar surface area (TPSA) is 24.5 Å². The second kappa shape index (κ2) is 31.9. The van der Waals surface area contributed by atoms with Gasteiger partial charge in [-0.05, 0) is 189 Å². The molecule has 0 atom stereocenters. The average molecular weight is 1570 g/mol. The SMILES string of the molecule is CC(C)(C)c1ccc(-n2c3ccccc3c3c(N(c4ccccc4)c4ccccc4)cc4ccccc4c32)cc1.CC(C)(C)c1ccc(N(c2ccccc2)c2cc3c4ccccc4n(-c4ccccc4)c3c3ccccc23)cc1.c1ccc(-c2cccc(-n3c4cccc(N(c5ccccc5)c5ccccc5)c4c4ccc5ccccc5c43)c2)cc1. The Morgan fingerprint density at radius 1 is 0.189 bits per heavy atom. The zero-order valence-electron chi connectivity index (χ0n) is 69.4. The van der Waals surface area contributed by atoms with Crippen molar-refractivity contribution < 1.29 is 0 Å². The number of aromatic nitrogens is 3. The van der Waals surface area contributed by atoms with E-state index in [9.17, 15) is 0 Å². The predicted molar refractivity (Wildman–Crippen MR) is 522 cm³/mol. The molecule has 0 aliphatic rings. The number of anilines is 9. The molecule has 0 radical (unpaired) electrons. The summed E-state index contributed by atoms with van der Waals surface area (Å²) < 4.78 is 7.33. The van der Waals surface area contributed by atoms with Crippen LogP contribution in [0.2, 0.25) is 0 Å². The summed E-state index contributed by atoms with van der Waals surface area (Å²) in [5, 5.41) is 14.9. The van der Waals surface area contributed by atoms with Crippen molar-refractivity contribution in [1.29, 1.82) is 0 Å². The monoisotopic (exact) mass is 1570 g/mol. The van der Waals surface area contributed by atoms with Crippen LogP contribution in [0.15, 0.2) is 449 Å². The molecule has 122 heavy (non-hydrogen) atoms. The number of hydrogen-bond acceptors (Lipinski definition) is 3. The van der Waals surface area contributed by atoms with Crippen LogP contribution in [0.4, 0.5) is 51.2 Å². The van der Waals surface area contributed by atoms with E-state index in [0.717, 1.165) is 45.5 Å². The van der Waals surface area contributed by atoms with Gasteiger partial charge in [-0.2, -0.15) is 0 Å². The Morgan fingerprint density at radius 3 is 1.11 bits per heavy atom. The number of para-hydroxylation sites is 8. The first-order valence-electron chi connectivity index (χ1n) is 42.3. The zero-order valence-corrected chi connectivity index (χ0v) is 69.4. The molecule has 3 heterocycles. The lowest BCUT2D eigenvalue weighted by Gasteiger charge is -2.28. The smallest absolute Gasteiger partial charge is 0.0640 e. The lowest BCUT2D eigenvalue weighted by Crippen LogP contribution is -2.13. The molecule has 6 heteroatoms. The van der Waals surface area contributed by atoms with Gasteiger partial charge in [0.25, 0.3) is 0 Å². The lowest BCUT2D eigenvalue weighted by molar-refractivity contribution is 0.590. The Labute approximate surface area is 713 Å². The molecule has 0 amide bonds. The lowest BCUT2D eigenvalue weighted by atomic mass is 9.87. The quantitative estimate of drug-likeness (QED) is 0.115. The third-order valence-electron chi connectivity index (χ3n) is 24.0. The van der Waals surface area contributed by atoms with Gasteiger partial charge in [-0.1, -0.05) is 345 Å². The minimum atomic E-state index is 0.0982. The predicted octanol–water partition coefficient (Wildman–Crippen LogP) is 32.5. The first-order chi connectivity index (χ1) is 59.9. The summed E-state index contributed by atoms with van der Waals surface area (Å²) in [7, 11) is 0. The van der Waals surface area contributed by atoms with Crippen LogP contribution in [0.25, 0.3) is 126 Å². The molecule has 0 N–H and O–H groups in total. The van der Waals surface area contributed by atoms with Gasteiger partial charge >= 0.3 is 0 Å². The van der Waals surface area contributed by atoms with E-state index in [0.29, 0.717) is 0 Å². The highest BCUT2D eigenvalue weighted by atomic mass is 15.2. The Hall–Kier alpha value is -15.2. The molecule has 0 fully saturated rings. The Kier molecular flexibility index (Phi) is 19.7. The van der Waals surface area contributed by atoms with E-state index >= 15 is 0 Å². The fraction of sp³-hybridized carbons (Fsp3) is 0.0690. The number of benzene rings is 19. The van der Waals surface area contributed by atoms with Crippen LogP contribution in [0.5, 0.6) is 0 Å². The first kappa shape index (κ1) is 75.5. The Bertz CT molecular complexity index is 7450. The minimum absolute atomic E-state index is 0.0982. The number of nitrogens with zero attached hydrogens (tertiary/aromatic N) is 6. The van der Waals surface area contributed by atoms with Crippen molar-refractivity contribution in [1.82, 2.24) is 13.7 Å². The molecule has 0 saturated carbocycles. The number of fused-ring (bicyclic) bond motifs is 15. The summed E-state index contributed by atoms with van der Waals surface area (Å²) in [4.78, 5) is 7.18. The zero-order chi connectivity index (χ0) is 82.4. The normalized spacial score (nSPS) is 11.7. The molecule has 0 saturated heterocycles. The van der Waals surface area contributed by atoms with Crippen molar-refractivity contribution in [2.45, 2.75) is 52.4 Å². The van der Waals surface area contributed by atoms with Gasteiger partial charge in [-0.15, -0.1) is 0 Å². The highest BCUT2D eigenvalue weighted by molar-refractivity contribution is 6.26. The maximum absolute atomic E-state index is 2.46. The second-order valence-electron chi connectivity index (χ2n) is 33.6. The van der Waals surface area contributed by atoms with Crippen LogP contribution < -0.4 is 14.7 Å². The van der Waals surface area contributed by atoms with E-state index in [1.807, 2.05) is 0 Å². The number of rotatable bonds is 13. The van der Waals surface area contributed by atoms with Crippen LogP contribution in [-0.4, -0.2) is 13.7 Å². The highest BCUT2D eigenvalue weighted by Crippen LogP contribution is 2.51. The van der Waals surface area contributed by atoms with Crippen molar-refractivity contribution in [3.05, 3.63) is 460 Å². The van der Waals surface area contributed by atoms with Gasteiger partial charge in [0.2, 0.25) is 0 Å². The van der Waals surface area contributed by atoms with E-state index in [1.54, 1.807) is 0 Å². The Balaban J connectivity index is 0.000000116. The van der Waals surface area contributed by atoms with Crippen LogP contribution >= 0.6 is 0 Å². The fourth-order valence-corrected chi connectivity index (χ4v) is 18.2. The van der Waals surface area contributed by atoms with Crippen molar-refractivity contribution in [2.24, 2.45) is 0 Å². The summed E-state index contributed by atoms with van der Waals surface area (Å²) in [6.45, 7) is 13.6. The van der Waals surface area contributed by atoms with E-state index in [1.165, 1.54) is 143 Å². The summed E-state index contributed by atoms with van der Waals surface area (Å²) in [5.41, 5.74) is 26.4. The molecule has 0 aliphatic carbocycles. The van der Waals surface area contributed by atoms with Gasteiger partial charge in [0, 0.05) is 105 Å². The van der Waals surface area contributed by atoms with Gasteiger partial charge in [0.15, 0.2) is 0 Å². The molecule has 0 bridgehead atoms. The van der Waals surface area contributed by atoms with Gasteiger partial charge in [-0.25, -0.2) is 0 Å². The molecule has 22 aromatic rings. The van der Waals surface area contributed by atoms with Crippen LogP contribution in [0.3, 0.4) is 0 Å². The van der Waals surface area contributed by atoms with Crippen molar-refractivity contribution >= 4 is 149 Å². The largest absolute Gasteiger partial charge is 0.310 e. The van der Waals surface area contributed by atoms with Crippen LogP contribution in [0.1, 0.15) is 52.7 Å². The maximum Gasteiger partial charge on any atom is 0.0640 e. The molecule has 0 aliphatic heterocycles. The molecule has 19 aromatic carbocycles. The number of hydrogen-bond donors (Lipinski definition) is 0. The summed E-state index contributed by atoms with van der Waals surface area (Å²) in [6.07, 6.45) is 0. The van der Waals surface area contributed by atoms with Crippen molar-refractivity contribution in [3.63, 3.8) is 0 Å². The third kappa shape index (κ3) is 13.9. The molecular formula is C116H92N6. The minimum Gasteiger partial charge on any atom is -0.310 e. The average Bonchev–Trinajstić information content (AvgIpc) is 1.57. The van der Waals surface area contributed by atoms with Gasteiger partial charge < -0.3 is 28.4 Å². The van der Waals surface area contributed by atoms with E-state index in [4.69, 9.17) is 0 Å². The summed E-state index contributed by atoms with van der Waals surface area (Å²) >= 11 is 0.